The van der Waals surface area contributed by atoms with Crippen LogP contribution in [0.5, 0.6) is 5.75 Å². The largest absolute Gasteiger partial charge is 0.494 e. The Labute approximate surface area is 147 Å². The van der Waals surface area contributed by atoms with E-state index in [0.29, 0.717) is 26.0 Å². The van der Waals surface area contributed by atoms with Crippen molar-refractivity contribution in [2.45, 2.75) is 39.0 Å². The van der Waals surface area contributed by atoms with Gasteiger partial charge >= 0.3 is 5.97 Å². The van der Waals surface area contributed by atoms with Crippen LogP contribution in [0.1, 0.15) is 36.7 Å². The van der Waals surface area contributed by atoms with Crippen molar-refractivity contribution in [1.29, 1.82) is 0 Å². The number of imidazole rings is 1. The fraction of sp³-hybridized carbons (Fsp3) is 0.474. The van der Waals surface area contributed by atoms with Crippen molar-refractivity contribution in [2.24, 2.45) is 11.7 Å². The number of benzene rings is 1. The molecule has 0 bridgehead atoms. The number of aromatic nitrogens is 2. The molecule has 1 atom stereocenters. The van der Waals surface area contributed by atoms with E-state index in [1.54, 1.807) is 0 Å². The van der Waals surface area contributed by atoms with Crippen LogP contribution in [0.15, 0.2) is 24.5 Å². The Bertz CT molecular complexity index is 754. The van der Waals surface area contributed by atoms with Gasteiger partial charge in [-0.15, -0.1) is 0 Å². The molecule has 6 heteroatoms. The summed E-state index contributed by atoms with van der Waals surface area (Å²) >= 11 is 0. The molecule has 2 heterocycles. The second-order valence-electron chi connectivity index (χ2n) is 6.40. The van der Waals surface area contributed by atoms with Gasteiger partial charge in [-0.2, -0.15) is 0 Å². The fourth-order valence-electron chi connectivity index (χ4n) is 3.47. The number of carbonyl (C=O) groups is 1. The molecule has 0 fully saturated rings. The quantitative estimate of drug-likeness (QED) is 0.768. The summed E-state index contributed by atoms with van der Waals surface area (Å²) in [5.41, 5.74) is 9.88. The number of ether oxygens (including phenoxy) is 1. The van der Waals surface area contributed by atoms with Gasteiger partial charge in [0.1, 0.15) is 5.75 Å². The van der Waals surface area contributed by atoms with E-state index < -0.39 is 11.9 Å². The zero-order valence-electron chi connectivity index (χ0n) is 14.6. The van der Waals surface area contributed by atoms with Crippen LogP contribution < -0.4 is 10.5 Å². The molecule has 1 aliphatic heterocycles. The van der Waals surface area contributed by atoms with Crippen LogP contribution in [0.4, 0.5) is 0 Å². The van der Waals surface area contributed by atoms with E-state index in [2.05, 4.69) is 21.7 Å². The third-order valence-corrected chi connectivity index (χ3v) is 4.75. The summed E-state index contributed by atoms with van der Waals surface area (Å²) in [4.78, 5) is 16.0. The van der Waals surface area contributed by atoms with Gasteiger partial charge in [-0.1, -0.05) is 0 Å². The maximum Gasteiger partial charge on any atom is 0.306 e. The first kappa shape index (κ1) is 17.5. The smallest absolute Gasteiger partial charge is 0.306 e. The molecule has 3 N–H and O–H groups in total. The minimum Gasteiger partial charge on any atom is -0.494 e. The first-order valence-electron chi connectivity index (χ1n) is 8.88. The zero-order chi connectivity index (χ0) is 17.8. The molecule has 1 aromatic carbocycles. The van der Waals surface area contributed by atoms with Crippen LogP contribution in [-0.2, 0) is 24.1 Å². The SMILES string of the molecule is CCOc1ccc2c(c1)CCc1c(CC(CCCN)C(=O)O)ncn1-2. The number of fused-ring (bicyclic) bond motifs is 3. The number of hydrogen-bond donors (Lipinski definition) is 2. The van der Waals surface area contributed by atoms with Gasteiger partial charge in [0.15, 0.2) is 0 Å². The van der Waals surface area contributed by atoms with E-state index in [0.717, 1.165) is 42.1 Å². The predicted molar refractivity (Wildman–Crippen MR) is 95.3 cm³/mol. The summed E-state index contributed by atoms with van der Waals surface area (Å²) < 4.78 is 7.67. The molecule has 1 aliphatic rings. The second-order valence-corrected chi connectivity index (χ2v) is 6.40. The van der Waals surface area contributed by atoms with Crippen LogP contribution in [0.2, 0.25) is 0 Å². The molecular weight excluding hydrogens is 318 g/mol. The number of nitrogens with zero attached hydrogens (tertiary/aromatic N) is 2. The number of hydrogen-bond acceptors (Lipinski definition) is 4. The van der Waals surface area contributed by atoms with E-state index >= 15 is 0 Å². The number of carboxylic acid groups (broad SMARTS) is 1. The Morgan fingerprint density at radius 1 is 1.44 bits per heavy atom. The maximum absolute atomic E-state index is 11.5. The van der Waals surface area contributed by atoms with Crippen LogP contribution in [-0.4, -0.2) is 33.8 Å². The van der Waals surface area contributed by atoms with Crippen LogP contribution in [0.3, 0.4) is 0 Å². The third kappa shape index (κ3) is 3.69. The Kier molecular flexibility index (Phi) is 5.38. The normalized spacial score (nSPS) is 13.8. The molecule has 0 saturated carbocycles. The third-order valence-electron chi connectivity index (χ3n) is 4.75. The molecule has 0 amide bonds. The lowest BCUT2D eigenvalue weighted by molar-refractivity contribution is -0.142. The summed E-state index contributed by atoms with van der Waals surface area (Å²) in [5, 5.41) is 9.45. The van der Waals surface area contributed by atoms with E-state index in [1.165, 1.54) is 5.56 Å². The zero-order valence-corrected chi connectivity index (χ0v) is 14.6. The molecule has 0 saturated heterocycles. The highest BCUT2D eigenvalue weighted by atomic mass is 16.5. The van der Waals surface area contributed by atoms with E-state index in [9.17, 15) is 9.90 Å². The monoisotopic (exact) mass is 343 g/mol. The van der Waals surface area contributed by atoms with Crippen molar-refractivity contribution in [2.75, 3.05) is 13.2 Å². The van der Waals surface area contributed by atoms with Crippen LogP contribution >= 0.6 is 0 Å². The summed E-state index contributed by atoms with van der Waals surface area (Å²) in [5.74, 6) is -0.310. The van der Waals surface area contributed by atoms with E-state index in [-0.39, 0.29) is 0 Å². The molecule has 25 heavy (non-hydrogen) atoms. The van der Waals surface area contributed by atoms with Gasteiger partial charge in [0.2, 0.25) is 0 Å². The molecule has 134 valence electrons. The average molecular weight is 343 g/mol. The van der Waals surface area contributed by atoms with Gasteiger partial charge < -0.3 is 20.1 Å². The Balaban J connectivity index is 1.84. The van der Waals surface area contributed by atoms with Gasteiger partial charge in [-0.3, -0.25) is 4.79 Å². The van der Waals surface area contributed by atoms with Crippen molar-refractivity contribution >= 4 is 5.97 Å². The second kappa shape index (κ2) is 7.70. The summed E-state index contributed by atoms with van der Waals surface area (Å²) in [7, 11) is 0. The first-order valence-corrected chi connectivity index (χ1v) is 8.88. The lowest BCUT2D eigenvalue weighted by Gasteiger charge is -2.21. The molecule has 1 aromatic heterocycles. The Morgan fingerprint density at radius 3 is 3.00 bits per heavy atom. The Morgan fingerprint density at radius 2 is 2.28 bits per heavy atom. The highest BCUT2D eigenvalue weighted by molar-refractivity contribution is 5.70. The predicted octanol–water partition coefficient (Wildman–Crippen LogP) is 2.35. The van der Waals surface area contributed by atoms with Crippen molar-refractivity contribution in [1.82, 2.24) is 9.55 Å². The first-order chi connectivity index (χ1) is 12.1. The van der Waals surface area contributed by atoms with Gasteiger partial charge in [-0.05, 0) is 62.9 Å². The lowest BCUT2D eigenvalue weighted by atomic mass is 9.94. The molecule has 3 rings (SSSR count). The van der Waals surface area contributed by atoms with Crippen molar-refractivity contribution < 1.29 is 14.6 Å². The number of aliphatic carboxylic acids is 1. The molecular formula is C19H25N3O3. The van der Waals surface area contributed by atoms with Crippen LogP contribution in [0, 0.1) is 5.92 Å². The topological polar surface area (TPSA) is 90.4 Å². The number of carboxylic acids is 1. The fourth-order valence-corrected chi connectivity index (χ4v) is 3.47. The summed E-state index contributed by atoms with van der Waals surface area (Å²) in [6.07, 6.45) is 5.36. The molecule has 1 unspecified atom stereocenters. The van der Waals surface area contributed by atoms with Crippen molar-refractivity contribution in [3.8, 4) is 11.4 Å². The molecule has 0 aliphatic carbocycles. The number of aryl methyl sites for hydroxylation is 1. The molecule has 2 aromatic rings. The summed E-state index contributed by atoms with van der Waals surface area (Å²) in [6, 6.07) is 6.11. The Hall–Kier alpha value is -2.34. The number of nitrogens with two attached hydrogens (primary N) is 1. The summed E-state index contributed by atoms with van der Waals surface area (Å²) in [6.45, 7) is 3.14. The standard InChI is InChI=1S/C19H25N3O3/c1-2-25-15-6-8-17-13(10-15)5-7-18-16(21-12-22(17)18)11-14(19(23)24)4-3-9-20/h6,8,10,12,14H,2-5,7,9,11,20H2,1H3,(H,23,24). The van der Waals surface area contributed by atoms with Gasteiger partial charge in [0.25, 0.3) is 0 Å². The maximum atomic E-state index is 11.5. The van der Waals surface area contributed by atoms with E-state index in [1.807, 2.05) is 19.3 Å². The molecule has 0 spiro atoms. The van der Waals surface area contributed by atoms with Crippen LogP contribution in [0.25, 0.3) is 5.69 Å². The highest BCUT2D eigenvalue weighted by Gasteiger charge is 2.24. The van der Waals surface area contributed by atoms with Crippen molar-refractivity contribution in [3.63, 3.8) is 0 Å². The number of rotatable bonds is 8. The minimum atomic E-state index is -0.771. The van der Waals surface area contributed by atoms with Gasteiger partial charge in [0.05, 0.1) is 30.2 Å². The van der Waals surface area contributed by atoms with Crippen molar-refractivity contribution in [3.05, 3.63) is 41.5 Å². The van der Waals surface area contributed by atoms with Gasteiger partial charge in [-0.25, -0.2) is 4.98 Å². The highest BCUT2D eigenvalue weighted by Crippen LogP contribution is 2.30. The minimum absolute atomic E-state index is 0.426. The average Bonchev–Trinajstić information content (AvgIpc) is 3.01. The lowest BCUT2D eigenvalue weighted by Crippen LogP contribution is -2.20. The van der Waals surface area contributed by atoms with E-state index in [4.69, 9.17) is 10.5 Å². The molecule has 0 radical (unpaired) electrons. The molecule has 6 nitrogen and oxygen atoms in total. The van der Waals surface area contributed by atoms with Gasteiger partial charge in [0, 0.05) is 12.1 Å².